The van der Waals surface area contributed by atoms with Gasteiger partial charge in [-0.3, -0.25) is 4.98 Å². The fourth-order valence-corrected chi connectivity index (χ4v) is 2.98. The number of nitrogens with zero attached hydrogens (tertiary/aromatic N) is 2. The minimum absolute atomic E-state index is 0.225. The zero-order chi connectivity index (χ0) is 15.4. The molecule has 0 atom stereocenters. The molecule has 0 saturated heterocycles. The summed E-state index contributed by atoms with van der Waals surface area (Å²) in [4.78, 5) is 21.5. The largest absolute Gasteiger partial charge is 0.361 e. The van der Waals surface area contributed by atoms with E-state index in [-0.39, 0.29) is 5.69 Å². The molecule has 0 aliphatic heterocycles. The summed E-state index contributed by atoms with van der Waals surface area (Å²) < 4.78 is 5.27. The van der Waals surface area contributed by atoms with Gasteiger partial charge in [0.1, 0.15) is 5.76 Å². The van der Waals surface area contributed by atoms with E-state index in [9.17, 15) is 4.79 Å². The van der Waals surface area contributed by atoms with Gasteiger partial charge in [0.05, 0.1) is 28.4 Å². The van der Waals surface area contributed by atoms with E-state index in [1.807, 2.05) is 32.9 Å². The van der Waals surface area contributed by atoms with Crippen LogP contribution in [0.1, 0.15) is 17.0 Å². The summed E-state index contributed by atoms with van der Waals surface area (Å²) in [6.45, 7) is 5.86. The van der Waals surface area contributed by atoms with Crippen molar-refractivity contribution in [3.63, 3.8) is 0 Å². The van der Waals surface area contributed by atoms with Crippen molar-refractivity contribution < 1.29 is 4.52 Å². The van der Waals surface area contributed by atoms with Crippen LogP contribution in [0.4, 0.5) is 0 Å². The highest BCUT2D eigenvalue weighted by atomic mass is 16.5. The van der Waals surface area contributed by atoms with Crippen LogP contribution >= 0.6 is 0 Å². The van der Waals surface area contributed by atoms with Crippen LogP contribution in [0.5, 0.6) is 0 Å². The zero-order valence-electron chi connectivity index (χ0n) is 12.4. The Kier molecular flexibility index (Phi) is 2.51. The molecule has 0 aliphatic carbocycles. The molecule has 0 radical (unpaired) electrons. The monoisotopic (exact) mass is 294 g/mol. The predicted molar refractivity (Wildman–Crippen MR) is 83.9 cm³/mol. The van der Waals surface area contributed by atoms with E-state index in [2.05, 4.69) is 20.1 Å². The van der Waals surface area contributed by atoms with E-state index in [1.165, 1.54) is 0 Å². The number of fused-ring (bicyclic) bond motifs is 3. The molecule has 3 aromatic heterocycles. The van der Waals surface area contributed by atoms with Gasteiger partial charge in [-0.05, 0) is 44.0 Å². The van der Waals surface area contributed by atoms with E-state index in [4.69, 9.17) is 4.52 Å². The quantitative estimate of drug-likeness (QED) is 0.565. The minimum atomic E-state index is -0.225. The molecule has 0 amide bonds. The molecule has 110 valence electrons. The molecule has 6 nitrogen and oxygen atoms in total. The average Bonchev–Trinajstić information content (AvgIpc) is 3.01. The topological polar surface area (TPSA) is 87.6 Å². The number of hydrogen-bond donors (Lipinski definition) is 2. The van der Waals surface area contributed by atoms with E-state index >= 15 is 0 Å². The molecule has 0 fully saturated rings. The third-order valence-electron chi connectivity index (χ3n) is 4.00. The van der Waals surface area contributed by atoms with Crippen LogP contribution in [0.3, 0.4) is 0 Å². The first kappa shape index (κ1) is 12.8. The third-order valence-corrected chi connectivity index (χ3v) is 4.00. The molecule has 1 aromatic carbocycles. The van der Waals surface area contributed by atoms with Gasteiger partial charge in [-0.15, -0.1) is 0 Å². The summed E-state index contributed by atoms with van der Waals surface area (Å²) in [6.07, 6.45) is 1.67. The maximum Gasteiger partial charge on any atom is 0.323 e. The van der Waals surface area contributed by atoms with Gasteiger partial charge in [0, 0.05) is 10.9 Å². The third kappa shape index (κ3) is 1.70. The van der Waals surface area contributed by atoms with Crippen molar-refractivity contribution in [2.24, 2.45) is 0 Å². The lowest BCUT2D eigenvalue weighted by Crippen LogP contribution is -1.99. The normalized spacial score (nSPS) is 11.6. The maximum absolute atomic E-state index is 11.5. The minimum Gasteiger partial charge on any atom is -0.361 e. The molecule has 0 unspecified atom stereocenters. The zero-order valence-corrected chi connectivity index (χ0v) is 12.4. The second kappa shape index (κ2) is 4.30. The number of hydrogen-bond acceptors (Lipinski definition) is 4. The summed E-state index contributed by atoms with van der Waals surface area (Å²) in [6, 6.07) is 4.05. The van der Waals surface area contributed by atoms with Crippen LogP contribution in [-0.2, 0) is 0 Å². The predicted octanol–water partition coefficient (Wildman–Crippen LogP) is 2.98. The number of aromatic amines is 2. The summed E-state index contributed by atoms with van der Waals surface area (Å²) in [5, 5.41) is 4.94. The molecule has 6 heteroatoms. The molecule has 2 N–H and O–H groups in total. The van der Waals surface area contributed by atoms with Crippen LogP contribution in [0.2, 0.25) is 0 Å². The Morgan fingerprint density at radius 3 is 2.68 bits per heavy atom. The Bertz CT molecular complexity index is 1070. The number of rotatable bonds is 1. The van der Waals surface area contributed by atoms with E-state index in [0.29, 0.717) is 5.52 Å². The smallest absolute Gasteiger partial charge is 0.323 e. The van der Waals surface area contributed by atoms with Gasteiger partial charge in [-0.25, -0.2) is 4.79 Å². The Labute approximate surface area is 125 Å². The van der Waals surface area contributed by atoms with Crippen molar-refractivity contribution in [2.75, 3.05) is 0 Å². The standard InChI is InChI=1S/C16H14N4O2/c1-7-4-11-12(17-6-13-15(11)19-16(21)18-13)5-10(7)14-8(2)20-22-9(14)3/h4-6H,1-3H3,(H2,18,19,21). The van der Waals surface area contributed by atoms with Gasteiger partial charge in [0.2, 0.25) is 0 Å². The maximum atomic E-state index is 11.5. The van der Waals surface area contributed by atoms with Gasteiger partial charge >= 0.3 is 5.69 Å². The second-order valence-electron chi connectivity index (χ2n) is 5.51. The fourth-order valence-electron chi connectivity index (χ4n) is 2.98. The Morgan fingerprint density at radius 2 is 1.95 bits per heavy atom. The molecular weight excluding hydrogens is 280 g/mol. The summed E-state index contributed by atoms with van der Waals surface area (Å²) >= 11 is 0. The number of nitrogens with one attached hydrogen (secondary N) is 2. The molecule has 0 aliphatic rings. The Balaban J connectivity index is 2.09. The second-order valence-corrected chi connectivity index (χ2v) is 5.51. The number of benzene rings is 1. The SMILES string of the molecule is Cc1cc2c(cc1-c1c(C)noc1C)ncc1[nH]c(=O)[nH]c12. The van der Waals surface area contributed by atoms with Crippen molar-refractivity contribution >= 4 is 21.9 Å². The highest BCUT2D eigenvalue weighted by molar-refractivity contribution is 6.03. The van der Waals surface area contributed by atoms with Crippen molar-refractivity contribution in [3.05, 3.63) is 45.8 Å². The number of aryl methyl sites for hydroxylation is 3. The summed E-state index contributed by atoms with van der Waals surface area (Å²) in [5.41, 5.74) is 6.08. The summed E-state index contributed by atoms with van der Waals surface area (Å²) in [5.74, 6) is 0.788. The number of aromatic nitrogens is 4. The van der Waals surface area contributed by atoms with Gasteiger partial charge < -0.3 is 14.5 Å². The lowest BCUT2D eigenvalue weighted by atomic mass is 9.97. The number of H-pyrrole nitrogens is 2. The first-order valence-electron chi connectivity index (χ1n) is 6.99. The molecule has 3 heterocycles. The van der Waals surface area contributed by atoms with Crippen molar-refractivity contribution in [1.29, 1.82) is 0 Å². The van der Waals surface area contributed by atoms with Crippen LogP contribution in [-0.4, -0.2) is 20.1 Å². The van der Waals surface area contributed by atoms with Gasteiger partial charge in [-0.2, -0.15) is 0 Å². The molecule has 4 aromatic rings. The lowest BCUT2D eigenvalue weighted by Gasteiger charge is -2.08. The van der Waals surface area contributed by atoms with Gasteiger partial charge in [0.15, 0.2) is 0 Å². The molecule has 22 heavy (non-hydrogen) atoms. The summed E-state index contributed by atoms with van der Waals surface area (Å²) in [7, 11) is 0. The molecule has 0 bridgehead atoms. The van der Waals surface area contributed by atoms with E-state index in [1.54, 1.807) is 6.20 Å². The van der Waals surface area contributed by atoms with Gasteiger partial charge in [0.25, 0.3) is 0 Å². The molecule has 4 rings (SSSR count). The molecule has 0 saturated carbocycles. The van der Waals surface area contributed by atoms with Crippen LogP contribution in [0.15, 0.2) is 27.6 Å². The van der Waals surface area contributed by atoms with Crippen LogP contribution < -0.4 is 5.69 Å². The van der Waals surface area contributed by atoms with E-state index < -0.39 is 0 Å². The fraction of sp³-hybridized carbons (Fsp3) is 0.188. The van der Waals surface area contributed by atoms with Crippen LogP contribution in [0.25, 0.3) is 33.1 Å². The molecular formula is C16H14N4O2. The highest BCUT2D eigenvalue weighted by Crippen LogP contribution is 2.33. The lowest BCUT2D eigenvalue weighted by molar-refractivity contribution is 0.393. The molecule has 0 spiro atoms. The first-order chi connectivity index (χ1) is 10.5. The van der Waals surface area contributed by atoms with Crippen molar-refractivity contribution in [1.82, 2.24) is 20.1 Å². The van der Waals surface area contributed by atoms with Crippen molar-refractivity contribution in [2.45, 2.75) is 20.8 Å². The number of pyridine rings is 1. The first-order valence-corrected chi connectivity index (χ1v) is 6.99. The highest BCUT2D eigenvalue weighted by Gasteiger charge is 2.16. The number of imidazole rings is 1. The van der Waals surface area contributed by atoms with Crippen LogP contribution in [0, 0.1) is 20.8 Å². The van der Waals surface area contributed by atoms with Gasteiger partial charge in [-0.1, -0.05) is 5.16 Å². The van der Waals surface area contributed by atoms with E-state index in [0.717, 1.165) is 44.6 Å². The van der Waals surface area contributed by atoms with Crippen molar-refractivity contribution in [3.8, 4) is 11.1 Å². The average molecular weight is 294 g/mol. The Hall–Kier alpha value is -2.89. The Morgan fingerprint density at radius 1 is 1.14 bits per heavy atom.